The number of hydrogen-bond acceptors (Lipinski definition) is 6. The van der Waals surface area contributed by atoms with Gasteiger partial charge in [0.2, 0.25) is 0 Å². The Morgan fingerprint density at radius 1 is 1.30 bits per heavy atom. The summed E-state index contributed by atoms with van der Waals surface area (Å²) in [5.74, 6) is 2.15. The lowest BCUT2D eigenvalue weighted by molar-refractivity contribution is 0.0326. The van der Waals surface area contributed by atoms with E-state index in [1.54, 1.807) is 4.90 Å². The standard InChI is InChI=1S/C15H25N5O3/c1-18-13(11-19-6-8-23-9-7-19)16-17-14(18)12-4-3-5-20(10-12)15(21)22-2/h12H,3-11H2,1-2H3/t12-/m0/s1. The molecule has 8 nitrogen and oxygen atoms in total. The van der Waals surface area contributed by atoms with Crippen LogP contribution in [0.4, 0.5) is 4.79 Å². The highest BCUT2D eigenvalue weighted by atomic mass is 16.5. The second kappa shape index (κ2) is 7.27. The van der Waals surface area contributed by atoms with Crippen molar-refractivity contribution in [1.29, 1.82) is 0 Å². The topological polar surface area (TPSA) is 72.7 Å². The molecule has 1 aromatic heterocycles. The molecule has 0 saturated carbocycles. The number of rotatable bonds is 3. The summed E-state index contributed by atoms with van der Waals surface area (Å²) in [5, 5.41) is 8.77. The molecule has 0 unspecified atom stereocenters. The van der Waals surface area contributed by atoms with E-state index in [1.807, 2.05) is 7.05 Å². The molecule has 23 heavy (non-hydrogen) atoms. The van der Waals surface area contributed by atoms with E-state index in [0.29, 0.717) is 6.54 Å². The summed E-state index contributed by atoms with van der Waals surface area (Å²) in [6.07, 6.45) is 1.73. The van der Waals surface area contributed by atoms with Crippen LogP contribution in [0.3, 0.4) is 0 Å². The highest BCUT2D eigenvalue weighted by Gasteiger charge is 2.29. The van der Waals surface area contributed by atoms with Gasteiger partial charge in [0.15, 0.2) is 0 Å². The summed E-state index contributed by atoms with van der Waals surface area (Å²) in [5.41, 5.74) is 0. The van der Waals surface area contributed by atoms with Gasteiger partial charge in [0, 0.05) is 39.1 Å². The Balaban J connectivity index is 1.67. The first-order chi connectivity index (χ1) is 11.2. The molecule has 0 N–H and O–H groups in total. The number of likely N-dealkylation sites (tertiary alicyclic amines) is 1. The van der Waals surface area contributed by atoms with Crippen LogP contribution in [0.1, 0.15) is 30.4 Å². The number of amides is 1. The van der Waals surface area contributed by atoms with Crippen LogP contribution >= 0.6 is 0 Å². The van der Waals surface area contributed by atoms with Gasteiger partial charge < -0.3 is 18.9 Å². The Kier molecular flexibility index (Phi) is 5.12. The molecule has 1 amide bonds. The van der Waals surface area contributed by atoms with E-state index in [0.717, 1.165) is 63.9 Å². The fourth-order valence-electron chi connectivity index (χ4n) is 3.31. The quantitative estimate of drug-likeness (QED) is 0.811. The molecule has 3 rings (SSSR count). The molecule has 2 fully saturated rings. The SMILES string of the molecule is COC(=O)N1CCC[C@H](c2nnc(CN3CCOCC3)n2C)C1. The number of hydrogen-bond donors (Lipinski definition) is 0. The van der Waals surface area contributed by atoms with Crippen molar-refractivity contribution in [2.75, 3.05) is 46.5 Å². The van der Waals surface area contributed by atoms with Crippen LogP contribution in [0.15, 0.2) is 0 Å². The van der Waals surface area contributed by atoms with Crippen molar-refractivity contribution in [3.05, 3.63) is 11.6 Å². The van der Waals surface area contributed by atoms with Crippen molar-refractivity contribution in [2.24, 2.45) is 7.05 Å². The van der Waals surface area contributed by atoms with Crippen LogP contribution in [0.2, 0.25) is 0 Å². The highest BCUT2D eigenvalue weighted by Crippen LogP contribution is 2.26. The third kappa shape index (κ3) is 3.64. The van der Waals surface area contributed by atoms with E-state index < -0.39 is 0 Å². The van der Waals surface area contributed by atoms with E-state index in [4.69, 9.17) is 9.47 Å². The Bertz CT molecular complexity index is 541. The van der Waals surface area contributed by atoms with Crippen molar-refractivity contribution in [2.45, 2.75) is 25.3 Å². The first kappa shape index (κ1) is 16.2. The minimum Gasteiger partial charge on any atom is -0.453 e. The molecule has 0 spiro atoms. The van der Waals surface area contributed by atoms with Gasteiger partial charge in [-0.2, -0.15) is 0 Å². The molecule has 2 aliphatic heterocycles. The average Bonchev–Trinajstić information content (AvgIpc) is 2.96. The zero-order valence-electron chi connectivity index (χ0n) is 13.9. The Morgan fingerprint density at radius 3 is 2.83 bits per heavy atom. The fraction of sp³-hybridized carbons (Fsp3) is 0.800. The van der Waals surface area contributed by atoms with Crippen LogP contribution in [-0.4, -0.2) is 77.2 Å². The number of carbonyl (C=O) groups is 1. The third-order valence-electron chi connectivity index (χ3n) is 4.69. The normalized spacial score (nSPS) is 23.0. The molecule has 1 aromatic rings. The third-order valence-corrected chi connectivity index (χ3v) is 4.69. The average molecular weight is 323 g/mol. The van der Waals surface area contributed by atoms with Crippen LogP contribution in [0.5, 0.6) is 0 Å². The Labute approximate surface area is 136 Å². The smallest absolute Gasteiger partial charge is 0.409 e. The minimum atomic E-state index is -0.259. The zero-order chi connectivity index (χ0) is 16.2. The van der Waals surface area contributed by atoms with E-state index in [9.17, 15) is 4.79 Å². The van der Waals surface area contributed by atoms with E-state index in [1.165, 1.54) is 7.11 Å². The van der Waals surface area contributed by atoms with E-state index in [2.05, 4.69) is 19.7 Å². The molecule has 0 aromatic carbocycles. The first-order valence-corrected chi connectivity index (χ1v) is 8.20. The number of aromatic nitrogens is 3. The molecule has 3 heterocycles. The summed E-state index contributed by atoms with van der Waals surface area (Å²) in [6, 6.07) is 0. The number of nitrogens with zero attached hydrogens (tertiary/aromatic N) is 5. The summed E-state index contributed by atoms with van der Waals surface area (Å²) in [4.78, 5) is 15.8. The molecule has 0 bridgehead atoms. The monoisotopic (exact) mass is 323 g/mol. The number of ether oxygens (including phenoxy) is 2. The zero-order valence-corrected chi connectivity index (χ0v) is 13.9. The summed E-state index contributed by atoms with van der Waals surface area (Å²) in [6.45, 7) is 5.62. The Morgan fingerprint density at radius 2 is 2.09 bits per heavy atom. The van der Waals surface area contributed by atoms with Gasteiger partial charge in [0.1, 0.15) is 11.6 Å². The predicted molar refractivity (Wildman–Crippen MR) is 83.1 cm³/mol. The van der Waals surface area contributed by atoms with E-state index >= 15 is 0 Å². The van der Waals surface area contributed by atoms with Gasteiger partial charge in [-0.25, -0.2) is 4.79 Å². The number of carbonyl (C=O) groups excluding carboxylic acids is 1. The highest BCUT2D eigenvalue weighted by molar-refractivity contribution is 5.67. The number of methoxy groups -OCH3 is 1. The number of piperidine rings is 1. The van der Waals surface area contributed by atoms with Crippen molar-refractivity contribution in [1.82, 2.24) is 24.6 Å². The summed E-state index contributed by atoms with van der Waals surface area (Å²) in [7, 11) is 3.44. The molecular formula is C15H25N5O3. The lowest BCUT2D eigenvalue weighted by Gasteiger charge is -2.31. The largest absolute Gasteiger partial charge is 0.453 e. The van der Waals surface area contributed by atoms with Crippen LogP contribution < -0.4 is 0 Å². The molecule has 0 radical (unpaired) electrons. The summed E-state index contributed by atoms with van der Waals surface area (Å²) < 4.78 is 12.3. The molecule has 128 valence electrons. The van der Waals surface area contributed by atoms with Crippen LogP contribution in [0.25, 0.3) is 0 Å². The van der Waals surface area contributed by atoms with Gasteiger partial charge in [-0.15, -0.1) is 10.2 Å². The van der Waals surface area contributed by atoms with Crippen molar-refractivity contribution < 1.29 is 14.3 Å². The molecule has 0 aliphatic carbocycles. The lowest BCUT2D eigenvalue weighted by atomic mass is 9.97. The predicted octanol–water partition coefficient (Wildman–Crippen LogP) is 0.593. The maximum atomic E-state index is 11.7. The van der Waals surface area contributed by atoms with Gasteiger partial charge in [-0.3, -0.25) is 4.90 Å². The molecular weight excluding hydrogens is 298 g/mol. The molecule has 2 saturated heterocycles. The van der Waals surface area contributed by atoms with Gasteiger partial charge in [-0.1, -0.05) is 0 Å². The van der Waals surface area contributed by atoms with Crippen molar-refractivity contribution in [3.8, 4) is 0 Å². The second-order valence-corrected chi connectivity index (χ2v) is 6.18. The maximum absolute atomic E-state index is 11.7. The maximum Gasteiger partial charge on any atom is 0.409 e. The molecule has 8 heteroatoms. The lowest BCUT2D eigenvalue weighted by Crippen LogP contribution is -2.39. The Hall–Kier alpha value is -1.67. The van der Waals surface area contributed by atoms with Crippen LogP contribution in [-0.2, 0) is 23.1 Å². The number of morpholine rings is 1. The van der Waals surface area contributed by atoms with Crippen molar-refractivity contribution in [3.63, 3.8) is 0 Å². The van der Waals surface area contributed by atoms with E-state index in [-0.39, 0.29) is 12.0 Å². The van der Waals surface area contributed by atoms with Gasteiger partial charge >= 0.3 is 6.09 Å². The van der Waals surface area contributed by atoms with Crippen molar-refractivity contribution >= 4 is 6.09 Å². The minimum absolute atomic E-state index is 0.221. The van der Waals surface area contributed by atoms with Gasteiger partial charge in [-0.05, 0) is 12.8 Å². The first-order valence-electron chi connectivity index (χ1n) is 8.20. The fourth-order valence-corrected chi connectivity index (χ4v) is 3.31. The molecule has 2 aliphatic rings. The summed E-state index contributed by atoms with van der Waals surface area (Å²) >= 11 is 0. The second-order valence-electron chi connectivity index (χ2n) is 6.18. The van der Waals surface area contributed by atoms with Crippen LogP contribution in [0, 0.1) is 0 Å². The molecule has 1 atom stereocenters. The van der Waals surface area contributed by atoms with Gasteiger partial charge in [0.05, 0.1) is 26.9 Å². The van der Waals surface area contributed by atoms with Gasteiger partial charge in [0.25, 0.3) is 0 Å².